The Morgan fingerprint density at radius 2 is 2.00 bits per heavy atom. The molecule has 0 saturated carbocycles. The molecular formula is C18H14N4O2S. The second-order valence-electron chi connectivity index (χ2n) is 5.41. The van der Waals surface area contributed by atoms with Crippen molar-refractivity contribution in [1.29, 1.82) is 5.26 Å². The van der Waals surface area contributed by atoms with E-state index in [1.165, 1.54) is 18.2 Å². The minimum absolute atomic E-state index is 0.0268. The van der Waals surface area contributed by atoms with Crippen molar-refractivity contribution in [1.82, 2.24) is 0 Å². The third-order valence-corrected chi connectivity index (χ3v) is 5.35. The molecule has 25 heavy (non-hydrogen) atoms. The Labute approximate surface area is 146 Å². The second kappa shape index (κ2) is 6.31. The van der Waals surface area contributed by atoms with E-state index in [0.29, 0.717) is 17.7 Å². The van der Waals surface area contributed by atoms with Gasteiger partial charge in [-0.15, -0.1) is 0 Å². The molecule has 0 bridgehead atoms. The van der Waals surface area contributed by atoms with Gasteiger partial charge < -0.3 is 5.32 Å². The van der Waals surface area contributed by atoms with E-state index in [1.54, 1.807) is 31.3 Å². The summed E-state index contributed by atoms with van der Waals surface area (Å²) in [6.45, 7) is 7.02. The number of benzene rings is 2. The third-order valence-electron chi connectivity index (χ3n) is 3.98. The number of anilines is 2. The fourth-order valence-electron chi connectivity index (χ4n) is 2.80. The van der Waals surface area contributed by atoms with Crippen LogP contribution < -0.4 is 10.0 Å². The molecule has 0 heterocycles. The molecule has 0 saturated heterocycles. The predicted molar refractivity (Wildman–Crippen MR) is 96.8 cm³/mol. The Hall–Kier alpha value is -3.29. The van der Waals surface area contributed by atoms with Crippen molar-refractivity contribution in [3.05, 3.63) is 65.0 Å². The number of nitriles is 1. The zero-order valence-corrected chi connectivity index (χ0v) is 14.2. The summed E-state index contributed by atoms with van der Waals surface area (Å²) in [6, 6.07) is 11.4. The van der Waals surface area contributed by atoms with Crippen LogP contribution in [0.25, 0.3) is 10.4 Å². The lowest BCUT2D eigenvalue weighted by Gasteiger charge is -2.15. The van der Waals surface area contributed by atoms with Gasteiger partial charge in [-0.3, -0.25) is 4.72 Å². The van der Waals surface area contributed by atoms with Gasteiger partial charge >= 0.3 is 0 Å². The van der Waals surface area contributed by atoms with Gasteiger partial charge in [0, 0.05) is 18.3 Å². The number of fused-ring (bicyclic) bond motifs is 1. The van der Waals surface area contributed by atoms with Crippen LogP contribution in [-0.4, -0.2) is 15.5 Å². The lowest BCUT2D eigenvalue weighted by atomic mass is 10.0. The number of nitrogens with zero attached hydrogens (tertiary/aromatic N) is 2. The van der Waals surface area contributed by atoms with Gasteiger partial charge in [0.25, 0.3) is 10.0 Å². The first-order valence-electron chi connectivity index (χ1n) is 7.44. The molecule has 0 aliphatic heterocycles. The van der Waals surface area contributed by atoms with Crippen molar-refractivity contribution in [3.63, 3.8) is 0 Å². The second-order valence-corrected chi connectivity index (χ2v) is 7.10. The van der Waals surface area contributed by atoms with Crippen molar-refractivity contribution in [2.75, 3.05) is 17.1 Å². The standard InChI is InChI=1S/C18H14N4O2S/c1-20-13-4-3-5-14(10-13)25(23,24)22-16-8-9-17(21-2)18-12(11-19)6-7-15(16)18/h3-6,8-10,21-22H,7H2,2H3. The van der Waals surface area contributed by atoms with Gasteiger partial charge in [0.15, 0.2) is 5.69 Å². The zero-order valence-electron chi connectivity index (χ0n) is 13.4. The van der Waals surface area contributed by atoms with Gasteiger partial charge in [-0.2, -0.15) is 5.26 Å². The normalized spacial score (nSPS) is 12.5. The average Bonchev–Trinajstić information content (AvgIpc) is 3.06. The summed E-state index contributed by atoms with van der Waals surface area (Å²) in [5.41, 5.74) is 3.47. The molecule has 124 valence electrons. The minimum Gasteiger partial charge on any atom is -0.388 e. The first kappa shape index (κ1) is 16.6. The maximum Gasteiger partial charge on any atom is 0.260 e. The molecule has 2 aromatic carbocycles. The number of sulfonamides is 1. The highest BCUT2D eigenvalue weighted by Crippen LogP contribution is 2.38. The van der Waals surface area contributed by atoms with E-state index in [0.717, 1.165) is 16.8 Å². The van der Waals surface area contributed by atoms with Gasteiger partial charge in [-0.1, -0.05) is 18.2 Å². The number of hydrogen-bond acceptors (Lipinski definition) is 4. The Kier molecular flexibility index (Phi) is 4.18. The minimum atomic E-state index is -3.83. The van der Waals surface area contributed by atoms with E-state index >= 15 is 0 Å². The first-order chi connectivity index (χ1) is 12.0. The number of hydrogen-bond donors (Lipinski definition) is 2. The molecule has 2 aromatic rings. The smallest absolute Gasteiger partial charge is 0.260 e. The van der Waals surface area contributed by atoms with Crippen LogP contribution in [0.5, 0.6) is 0 Å². The summed E-state index contributed by atoms with van der Waals surface area (Å²) < 4.78 is 27.9. The van der Waals surface area contributed by atoms with E-state index in [1.807, 2.05) is 0 Å². The van der Waals surface area contributed by atoms with Crippen molar-refractivity contribution in [2.24, 2.45) is 0 Å². The van der Waals surface area contributed by atoms with Crippen LogP contribution in [0.1, 0.15) is 11.1 Å². The summed E-state index contributed by atoms with van der Waals surface area (Å²) >= 11 is 0. The van der Waals surface area contributed by atoms with Gasteiger partial charge in [0.1, 0.15) is 0 Å². The Morgan fingerprint density at radius 3 is 2.68 bits per heavy atom. The SMILES string of the molecule is [C-]#[N+]c1cccc(S(=O)(=O)Nc2ccc(NC)c3c2CC=C3C#N)c1. The number of nitrogens with one attached hydrogen (secondary N) is 2. The van der Waals surface area contributed by atoms with Crippen LogP contribution in [0.3, 0.4) is 0 Å². The van der Waals surface area contributed by atoms with Crippen molar-refractivity contribution in [2.45, 2.75) is 11.3 Å². The number of allylic oxidation sites excluding steroid dienone is 2. The molecule has 0 fully saturated rings. The van der Waals surface area contributed by atoms with Gasteiger partial charge in [-0.25, -0.2) is 13.3 Å². The lowest BCUT2D eigenvalue weighted by molar-refractivity contribution is 0.601. The molecule has 0 atom stereocenters. The van der Waals surface area contributed by atoms with Crippen LogP contribution in [0.15, 0.2) is 47.4 Å². The van der Waals surface area contributed by atoms with E-state index in [4.69, 9.17) is 6.57 Å². The highest BCUT2D eigenvalue weighted by molar-refractivity contribution is 7.92. The summed E-state index contributed by atoms with van der Waals surface area (Å²) in [4.78, 5) is 3.29. The fourth-order valence-corrected chi connectivity index (χ4v) is 3.94. The van der Waals surface area contributed by atoms with Crippen LogP contribution in [0.4, 0.5) is 17.1 Å². The summed E-state index contributed by atoms with van der Waals surface area (Å²) in [5.74, 6) is 0. The molecule has 0 amide bonds. The third kappa shape index (κ3) is 2.93. The maximum absolute atomic E-state index is 12.7. The highest BCUT2D eigenvalue weighted by atomic mass is 32.2. The van der Waals surface area contributed by atoms with Crippen molar-refractivity contribution < 1.29 is 8.42 Å². The average molecular weight is 350 g/mol. The largest absolute Gasteiger partial charge is 0.388 e. The topological polar surface area (TPSA) is 86.3 Å². The van der Waals surface area contributed by atoms with Crippen LogP contribution >= 0.6 is 0 Å². The molecule has 0 radical (unpaired) electrons. The highest BCUT2D eigenvalue weighted by Gasteiger charge is 2.24. The Balaban J connectivity index is 2.04. The molecule has 1 aliphatic carbocycles. The van der Waals surface area contributed by atoms with Crippen molar-refractivity contribution >= 4 is 32.7 Å². The van der Waals surface area contributed by atoms with Crippen molar-refractivity contribution in [3.8, 4) is 6.07 Å². The van der Waals surface area contributed by atoms with E-state index in [-0.39, 0.29) is 10.6 Å². The molecule has 0 unspecified atom stereocenters. The predicted octanol–water partition coefficient (Wildman–Crippen LogP) is 3.54. The quantitative estimate of drug-likeness (QED) is 0.826. The monoisotopic (exact) mass is 350 g/mol. The Bertz CT molecular complexity index is 1070. The van der Waals surface area contributed by atoms with Crippen LogP contribution in [0.2, 0.25) is 0 Å². The zero-order chi connectivity index (χ0) is 18.0. The van der Waals surface area contributed by atoms with E-state index < -0.39 is 10.0 Å². The number of rotatable bonds is 4. The van der Waals surface area contributed by atoms with Gasteiger partial charge in [0.05, 0.1) is 28.8 Å². The molecule has 0 aromatic heterocycles. The lowest BCUT2D eigenvalue weighted by Crippen LogP contribution is -2.14. The maximum atomic E-state index is 12.7. The molecule has 2 N–H and O–H groups in total. The van der Waals surface area contributed by atoms with Crippen LogP contribution in [-0.2, 0) is 16.4 Å². The summed E-state index contributed by atoms with van der Waals surface area (Å²) in [5, 5.41) is 12.3. The molecule has 3 rings (SSSR count). The van der Waals surface area contributed by atoms with Gasteiger partial charge in [-0.05, 0) is 36.2 Å². The molecular weight excluding hydrogens is 336 g/mol. The summed E-state index contributed by atoms with van der Waals surface area (Å²) in [7, 11) is -2.08. The molecule has 6 nitrogen and oxygen atoms in total. The summed E-state index contributed by atoms with van der Waals surface area (Å²) in [6.07, 6.45) is 2.26. The van der Waals surface area contributed by atoms with E-state index in [9.17, 15) is 13.7 Å². The molecule has 7 heteroatoms. The Morgan fingerprint density at radius 1 is 1.24 bits per heavy atom. The molecule has 0 spiro atoms. The molecule has 1 aliphatic rings. The first-order valence-corrected chi connectivity index (χ1v) is 8.93. The van der Waals surface area contributed by atoms with Crippen LogP contribution in [0, 0.1) is 17.9 Å². The fraction of sp³-hybridized carbons (Fsp3) is 0.111. The van der Waals surface area contributed by atoms with Gasteiger partial charge in [0.2, 0.25) is 0 Å². The van der Waals surface area contributed by atoms with E-state index in [2.05, 4.69) is 21.0 Å².